The molecule has 14 heavy (non-hydrogen) atoms. The summed E-state index contributed by atoms with van der Waals surface area (Å²) < 4.78 is 5.11. The van der Waals surface area contributed by atoms with Crippen molar-refractivity contribution >= 4 is 5.97 Å². The highest BCUT2D eigenvalue weighted by Crippen LogP contribution is 2.29. The van der Waals surface area contributed by atoms with E-state index in [9.17, 15) is 4.79 Å². The highest BCUT2D eigenvalue weighted by atomic mass is 16.6. The summed E-state index contributed by atoms with van der Waals surface area (Å²) in [5.74, 6) is 0.229. The topological polar surface area (TPSA) is 26.3 Å². The molecule has 0 aromatic heterocycles. The van der Waals surface area contributed by atoms with E-state index in [1.54, 1.807) is 0 Å². The lowest BCUT2D eigenvalue weighted by Gasteiger charge is -2.34. The van der Waals surface area contributed by atoms with E-state index in [1.165, 1.54) is 32.1 Å². The molecule has 1 saturated heterocycles. The normalized spacial score (nSPS) is 25.7. The van der Waals surface area contributed by atoms with E-state index >= 15 is 0 Å². The van der Waals surface area contributed by atoms with Crippen LogP contribution in [0.25, 0.3) is 0 Å². The molecule has 1 aliphatic heterocycles. The SMILES string of the molecule is CCCCCCC[C@H]1OC(=O)[C@H]1CC. The van der Waals surface area contributed by atoms with Gasteiger partial charge in [0.1, 0.15) is 6.10 Å². The van der Waals surface area contributed by atoms with Crippen LogP contribution in [-0.4, -0.2) is 12.1 Å². The van der Waals surface area contributed by atoms with E-state index in [-0.39, 0.29) is 18.0 Å². The van der Waals surface area contributed by atoms with E-state index in [2.05, 4.69) is 13.8 Å². The number of unbranched alkanes of at least 4 members (excludes halogenated alkanes) is 4. The van der Waals surface area contributed by atoms with Gasteiger partial charge in [-0.2, -0.15) is 0 Å². The van der Waals surface area contributed by atoms with Crippen molar-refractivity contribution in [2.24, 2.45) is 5.92 Å². The summed E-state index contributed by atoms with van der Waals surface area (Å²) in [4.78, 5) is 11.0. The van der Waals surface area contributed by atoms with Crippen molar-refractivity contribution in [3.05, 3.63) is 0 Å². The molecular formula is C12H22O2. The van der Waals surface area contributed by atoms with Gasteiger partial charge >= 0.3 is 5.97 Å². The predicted octanol–water partition coefficient (Wildman–Crippen LogP) is 3.30. The van der Waals surface area contributed by atoms with Gasteiger partial charge in [-0.1, -0.05) is 39.5 Å². The minimum absolute atomic E-state index is 0.0195. The summed E-state index contributed by atoms with van der Waals surface area (Å²) in [5.41, 5.74) is 0. The molecule has 2 heteroatoms. The van der Waals surface area contributed by atoms with Gasteiger partial charge in [0.15, 0.2) is 0 Å². The number of hydrogen-bond donors (Lipinski definition) is 0. The molecule has 0 saturated carbocycles. The van der Waals surface area contributed by atoms with Crippen LogP contribution in [0.2, 0.25) is 0 Å². The highest BCUT2D eigenvalue weighted by molar-refractivity contribution is 5.78. The maximum atomic E-state index is 11.0. The molecule has 0 amide bonds. The largest absolute Gasteiger partial charge is 0.461 e. The molecule has 0 N–H and O–H groups in total. The molecule has 0 bridgehead atoms. The van der Waals surface area contributed by atoms with E-state index in [4.69, 9.17) is 4.74 Å². The first-order chi connectivity index (χ1) is 6.79. The smallest absolute Gasteiger partial charge is 0.312 e. The molecule has 0 unspecified atom stereocenters. The molecular weight excluding hydrogens is 176 g/mol. The fraction of sp³-hybridized carbons (Fsp3) is 0.917. The standard InChI is InChI=1S/C12H22O2/c1-3-5-6-7-8-9-11-10(4-2)12(13)14-11/h10-11H,3-9H2,1-2H3/t10-,11+/m0/s1. The van der Waals surface area contributed by atoms with Crippen LogP contribution in [0, 0.1) is 5.92 Å². The first-order valence-electron chi connectivity index (χ1n) is 6.00. The Bertz CT molecular complexity index is 177. The van der Waals surface area contributed by atoms with E-state index in [0.29, 0.717) is 0 Å². The Morgan fingerprint density at radius 2 is 1.86 bits per heavy atom. The number of carbonyl (C=O) groups excluding carboxylic acids is 1. The van der Waals surface area contributed by atoms with Crippen LogP contribution >= 0.6 is 0 Å². The molecule has 82 valence electrons. The number of cyclic esters (lactones) is 1. The minimum Gasteiger partial charge on any atom is -0.461 e. The summed E-state index contributed by atoms with van der Waals surface area (Å²) in [6.45, 7) is 4.29. The Balaban J connectivity index is 2.00. The summed E-state index contributed by atoms with van der Waals surface area (Å²) in [6, 6.07) is 0. The molecule has 0 aromatic rings. The first-order valence-corrected chi connectivity index (χ1v) is 6.00. The lowest BCUT2D eigenvalue weighted by molar-refractivity contribution is -0.185. The lowest BCUT2D eigenvalue weighted by atomic mass is 9.90. The number of hydrogen-bond acceptors (Lipinski definition) is 2. The number of carbonyl (C=O) groups is 1. The molecule has 0 aromatic carbocycles. The minimum atomic E-state index is 0.0195. The van der Waals surface area contributed by atoms with Crippen molar-refractivity contribution < 1.29 is 9.53 Å². The maximum Gasteiger partial charge on any atom is 0.312 e. The average Bonchev–Trinajstić information content (AvgIpc) is 2.16. The molecule has 2 atom stereocenters. The van der Waals surface area contributed by atoms with Crippen molar-refractivity contribution in [3.8, 4) is 0 Å². The van der Waals surface area contributed by atoms with E-state index in [0.717, 1.165) is 12.8 Å². The van der Waals surface area contributed by atoms with Gasteiger partial charge in [-0.25, -0.2) is 0 Å². The zero-order valence-electron chi connectivity index (χ0n) is 9.42. The summed E-state index contributed by atoms with van der Waals surface area (Å²) in [7, 11) is 0. The molecule has 1 aliphatic rings. The Labute approximate surface area is 87.0 Å². The van der Waals surface area contributed by atoms with Gasteiger partial charge in [0, 0.05) is 0 Å². The van der Waals surface area contributed by atoms with Crippen LogP contribution in [0.4, 0.5) is 0 Å². The van der Waals surface area contributed by atoms with Crippen molar-refractivity contribution in [2.45, 2.75) is 64.9 Å². The zero-order valence-corrected chi connectivity index (χ0v) is 9.42. The van der Waals surface area contributed by atoms with Crippen LogP contribution in [0.15, 0.2) is 0 Å². The van der Waals surface area contributed by atoms with Crippen molar-refractivity contribution in [2.75, 3.05) is 0 Å². The lowest BCUT2D eigenvalue weighted by Crippen LogP contribution is -2.44. The third-order valence-electron chi connectivity index (χ3n) is 3.05. The van der Waals surface area contributed by atoms with Crippen LogP contribution in [0.5, 0.6) is 0 Å². The molecule has 1 fully saturated rings. The predicted molar refractivity (Wildman–Crippen MR) is 57.0 cm³/mol. The Morgan fingerprint density at radius 3 is 2.43 bits per heavy atom. The number of ether oxygens (including phenoxy) is 1. The fourth-order valence-corrected chi connectivity index (χ4v) is 2.04. The Kier molecular flexibility index (Phi) is 4.99. The fourth-order valence-electron chi connectivity index (χ4n) is 2.04. The quantitative estimate of drug-likeness (QED) is 0.463. The third-order valence-corrected chi connectivity index (χ3v) is 3.05. The maximum absolute atomic E-state index is 11.0. The monoisotopic (exact) mass is 198 g/mol. The van der Waals surface area contributed by atoms with Gasteiger partial charge < -0.3 is 4.74 Å². The number of esters is 1. The van der Waals surface area contributed by atoms with Gasteiger partial charge in [-0.15, -0.1) is 0 Å². The van der Waals surface area contributed by atoms with E-state index < -0.39 is 0 Å². The van der Waals surface area contributed by atoms with Gasteiger partial charge in [0.25, 0.3) is 0 Å². The second-order valence-electron chi connectivity index (χ2n) is 4.19. The second kappa shape index (κ2) is 6.05. The number of rotatable bonds is 7. The molecule has 0 spiro atoms. The zero-order chi connectivity index (χ0) is 10.4. The van der Waals surface area contributed by atoms with Crippen LogP contribution in [0.3, 0.4) is 0 Å². The second-order valence-corrected chi connectivity index (χ2v) is 4.19. The van der Waals surface area contributed by atoms with E-state index in [1.807, 2.05) is 0 Å². The third kappa shape index (κ3) is 3.00. The summed E-state index contributed by atoms with van der Waals surface area (Å²) in [6.07, 6.45) is 8.72. The molecule has 0 aliphatic carbocycles. The van der Waals surface area contributed by atoms with Gasteiger partial charge in [0.05, 0.1) is 5.92 Å². The van der Waals surface area contributed by atoms with Crippen molar-refractivity contribution in [1.82, 2.24) is 0 Å². The van der Waals surface area contributed by atoms with Crippen LogP contribution in [-0.2, 0) is 9.53 Å². The Hall–Kier alpha value is -0.530. The molecule has 1 heterocycles. The molecule has 2 nitrogen and oxygen atoms in total. The van der Waals surface area contributed by atoms with Crippen molar-refractivity contribution in [1.29, 1.82) is 0 Å². The van der Waals surface area contributed by atoms with Gasteiger partial charge in [-0.3, -0.25) is 4.79 Å². The highest BCUT2D eigenvalue weighted by Gasteiger charge is 2.39. The molecule has 0 radical (unpaired) electrons. The van der Waals surface area contributed by atoms with Crippen LogP contribution < -0.4 is 0 Å². The van der Waals surface area contributed by atoms with Crippen LogP contribution in [0.1, 0.15) is 58.8 Å². The summed E-state index contributed by atoms with van der Waals surface area (Å²) >= 11 is 0. The van der Waals surface area contributed by atoms with Gasteiger partial charge in [0.2, 0.25) is 0 Å². The summed E-state index contributed by atoms with van der Waals surface area (Å²) in [5, 5.41) is 0. The Morgan fingerprint density at radius 1 is 1.14 bits per heavy atom. The van der Waals surface area contributed by atoms with Crippen molar-refractivity contribution in [3.63, 3.8) is 0 Å². The average molecular weight is 198 g/mol. The molecule has 1 rings (SSSR count). The first kappa shape index (κ1) is 11.5. The van der Waals surface area contributed by atoms with Gasteiger partial charge in [-0.05, 0) is 19.3 Å².